The highest BCUT2D eigenvalue weighted by molar-refractivity contribution is 7.21. The Bertz CT molecular complexity index is 1110. The molecule has 1 aromatic heterocycles. The van der Waals surface area contributed by atoms with Crippen molar-refractivity contribution in [3.05, 3.63) is 58.4 Å². The minimum Gasteiger partial charge on any atom is -0.342 e. The van der Waals surface area contributed by atoms with Gasteiger partial charge in [-0.25, -0.2) is 0 Å². The third kappa shape index (κ3) is 3.97. The molecular formula is C21H18ClN3O3S. The lowest BCUT2D eigenvalue weighted by molar-refractivity contribution is -0.117. The summed E-state index contributed by atoms with van der Waals surface area (Å²) in [6.07, 6.45) is 1.31. The number of halogens is 1. The number of para-hydroxylation sites is 2. The van der Waals surface area contributed by atoms with Crippen molar-refractivity contribution in [2.24, 2.45) is 0 Å². The van der Waals surface area contributed by atoms with E-state index < -0.39 is 5.91 Å². The molecule has 1 fully saturated rings. The number of nitrogens with zero attached hydrogens (tertiary/aromatic N) is 1. The van der Waals surface area contributed by atoms with Crippen LogP contribution in [0.2, 0.25) is 5.02 Å². The van der Waals surface area contributed by atoms with Crippen LogP contribution in [-0.4, -0.2) is 30.8 Å². The molecule has 2 N–H and O–H groups in total. The van der Waals surface area contributed by atoms with Gasteiger partial charge in [0, 0.05) is 23.1 Å². The third-order valence-electron chi connectivity index (χ3n) is 4.69. The lowest BCUT2D eigenvalue weighted by Crippen LogP contribution is -2.33. The average molecular weight is 428 g/mol. The molecule has 0 aliphatic carbocycles. The van der Waals surface area contributed by atoms with E-state index in [1.165, 1.54) is 11.3 Å². The van der Waals surface area contributed by atoms with Gasteiger partial charge in [0.15, 0.2) is 0 Å². The summed E-state index contributed by atoms with van der Waals surface area (Å²) >= 11 is 7.60. The standard InChI is InChI=1S/C21H18ClN3O3S/c22-19-13-6-1-4-9-16(13)29-20(19)21(28)23-12-17(26)24-14-7-2-3-8-15(14)25-11-5-10-18(25)27/h1-4,6-9H,5,10-12H2,(H,23,28)(H,24,26). The normalized spacial score (nSPS) is 13.7. The fourth-order valence-electron chi connectivity index (χ4n) is 3.31. The molecule has 3 aromatic rings. The number of amides is 3. The van der Waals surface area contributed by atoms with Crippen molar-refractivity contribution in [2.45, 2.75) is 12.8 Å². The van der Waals surface area contributed by atoms with Crippen molar-refractivity contribution in [3.63, 3.8) is 0 Å². The first-order chi connectivity index (χ1) is 14.0. The topological polar surface area (TPSA) is 78.5 Å². The molecule has 29 heavy (non-hydrogen) atoms. The summed E-state index contributed by atoms with van der Waals surface area (Å²) in [5.41, 5.74) is 1.21. The molecule has 1 aliphatic heterocycles. The van der Waals surface area contributed by atoms with Gasteiger partial charge in [-0.3, -0.25) is 14.4 Å². The molecule has 2 heterocycles. The lowest BCUT2D eigenvalue weighted by Gasteiger charge is -2.20. The molecule has 0 bridgehead atoms. The number of hydrogen-bond donors (Lipinski definition) is 2. The zero-order valence-corrected chi connectivity index (χ0v) is 17.0. The Morgan fingerprint density at radius 3 is 2.62 bits per heavy atom. The quantitative estimate of drug-likeness (QED) is 0.644. The first kappa shape index (κ1) is 19.4. The van der Waals surface area contributed by atoms with Crippen LogP contribution in [0.15, 0.2) is 48.5 Å². The second-order valence-electron chi connectivity index (χ2n) is 6.64. The summed E-state index contributed by atoms with van der Waals surface area (Å²) < 4.78 is 0.913. The molecule has 0 unspecified atom stereocenters. The zero-order valence-electron chi connectivity index (χ0n) is 15.4. The van der Waals surface area contributed by atoms with Gasteiger partial charge in [0.25, 0.3) is 5.91 Å². The zero-order chi connectivity index (χ0) is 20.4. The van der Waals surface area contributed by atoms with E-state index in [1.807, 2.05) is 30.3 Å². The van der Waals surface area contributed by atoms with Gasteiger partial charge >= 0.3 is 0 Å². The molecular weight excluding hydrogens is 410 g/mol. The van der Waals surface area contributed by atoms with Gasteiger partial charge in [-0.05, 0) is 24.6 Å². The maximum atomic E-state index is 12.5. The highest BCUT2D eigenvalue weighted by Crippen LogP contribution is 2.35. The van der Waals surface area contributed by atoms with E-state index >= 15 is 0 Å². The molecule has 4 rings (SSSR count). The Morgan fingerprint density at radius 1 is 1.10 bits per heavy atom. The minimum atomic E-state index is -0.394. The molecule has 2 aromatic carbocycles. The van der Waals surface area contributed by atoms with Crippen molar-refractivity contribution in [2.75, 3.05) is 23.3 Å². The fourth-order valence-corrected chi connectivity index (χ4v) is 4.75. The van der Waals surface area contributed by atoms with Gasteiger partial charge < -0.3 is 15.5 Å². The van der Waals surface area contributed by atoms with Gasteiger partial charge in [0.2, 0.25) is 11.8 Å². The van der Waals surface area contributed by atoms with Gasteiger partial charge in [0.1, 0.15) is 4.88 Å². The molecule has 148 valence electrons. The molecule has 0 atom stereocenters. The van der Waals surface area contributed by atoms with E-state index in [-0.39, 0.29) is 18.4 Å². The van der Waals surface area contributed by atoms with Crippen LogP contribution in [0.4, 0.5) is 11.4 Å². The van der Waals surface area contributed by atoms with Crippen molar-refractivity contribution < 1.29 is 14.4 Å². The number of anilines is 2. The number of benzene rings is 2. The predicted molar refractivity (Wildman–Crippen MR) is 116 cm³/mol. The summed E-state index contributed by atoms with van der Waals surface area (Å²) in [7, 11) is 0. The van der Waals surface area contributed by atoms with Crippen LogP contribution in [0.3, 0.4) is 0 Å². The summed E-state index contributed by atoms with van der Waals surface area (Å²) in [6, 6.07) is 14.6. The highest BCUT2D eigenvalue weighted by Gasteiger charge is 2.24. The van der Waals surface area contributed by atoms with E-state index in [4.69, 9.17) is 11.6 Å². The largest absolute Gasteiger partial charge is 0.342 e. The van der Waals surface area contributed by atoms with Crippen molar-refractivity contribution in [1.82, 2.24) is 5.32 Å². The SMILES string of the molecule is O=C(CNC(=O)c1sc2ccccc2c1Cl)Nc1ccccc1N1CCCC1=O. The first-order valence-electron chi connectivity index (χ1n) is 9.19. The summed E-state index contributed by atoms with van der Waals surface area (Å²) in [5, 5.41) is 6.60. The molecule has 1 saturated heterocycles. The molecule has 8 heteroatoms. The molecule has 1 aliphatic rings. The van der Waals surface area contributed by atoms with Crippen LogP contribution in [0.5, 0.6) is 0 Å². The number of fused-ring (bicyclic) bond motifs is 1. The summed E-state index contributed by atoms with van der Waals surface area (Å²) in [6.45, 7) is 0.429. The number of thiophene rings is 1. The lowest BCUT2D eigenvalue weighted by atomic mass is 10.2. The van der Waals surface area contributed by atoms with Crippen molar-refractivity contribution in [1.29, 1.82) is 0 Å². The summed E-state index contributed by atoms with van der Waals surface area (Å²) in [5.74, 6) is -0.733. The van der Waals surface area contributed by atoms with Gasteiger partial charge in [-0.1, -0.05) is 41.9 Å². The second-order valence-corrected chi connectivity index (χ2v) is 8.07. The van der Waals surface area contributed by atoms with E-state index in [1.54, 1.807) is 23.1 Å². The second kappa shape index (κ2) is 8.23. The highest BCUT2D eigenvalue weighted by atomic mass is 35.5. The third-order valence-corrected chi connectivity index (χ3v) is 6.37. The number of hydrogen-bond acceptors (Lipinski definition) is 4. The predicted octanol–water partition coefficient (Wildman–Crippen LogP) is 4.05. The minimum absolute atomic E-state index is 0.0411. The van der Waals surface area contributed by atoms with E-state index in [0.29, 0.717) is 34.2 Å². The Balaban J connectivity index is 1.42. The Labute approximate surface area is 176 Å². The van der Waals surface area contributed by atoms with Crippen LogP contribution in [0, 0.1) is 0 Å². The smallest absolute Gasteiger partial charge is 0.263 e. The first-order valence-corrected chi connectivity index (χ1v) is 10.4. The van der Waals surface area contributed by atoms with Gasteiger partial charge in [-0.15, -0.1) is 11.3 Å². The number of nitrogens with one attached hydrogen (secondary N) is 2. The van der Waals surface area contributed by atoms with E-state index in [9.17, 15) is 14.4 Å². The molecule has 0 radical (unpaired) electrons. The van der Waals surface area contributed by atoms with Crippen LogP contribution in [-0.2, 0) is 9.59 Å². The number of carbonyl (C=O) groups is 3. The van der Waals surface area contributed by atoms with Crippen molar-refractivity contribution in [3.8, 4) is 0 Å². The molecule has 3 amide bonds. The van der Waals surface area contributed by atoms with E-state index in [2.05, 4.69) is 10.6 Å². The number of rotatable bonds is 5. The van der Waals surface area contributed by atoms with Crippen LogP contribution >= 0.6 is 22.9 Å². The van der Waals surface area contributed by atoms with Gasteiger partial charge in [0.05, 0.1) is 22.9 Å². The monoisotopic (exact) mass is 427 g/mol. The van der Waals surface area contributed by atoms with Crippen LogP contribution < -0.4 is 15.5 Å². The molecule has 6 nitrogen and oxygen atoms in total. The Kier molecular flexibility index (Phi) is 5.51. The summed E-state index contributed by atoms with van der Waals surface area (Å²) in [4.78, 5) is 39.0. The van der Waals surface area contributed by atoms with E-state index in [0.717, 1.165) is 16.5 Å². The van der Waals surface area contributed by atoms with Crippen molar-refractivity contribution >= 4 is 62.1 Å². The van der Waals surface area contributed by atoms with Gasteiger partial charge in [-0.2, -0.15) is 0 Å². The van der Waals surface area contributed by atoms with Crippen LogP contribution in [0.25, 0.3) is 10.1 Å². The molecule has 0 spiro atoms. The maximum Gasteiger partial charge on any atom is 0.263 e. The molecule has 0 saturated carbocycles. The number of carbonyl (C=O) groups excluding carboxylic acids is 3. The van der Waals surface area contributed by atoms with Crippen LogP contribution in [0.1, 0.15) is 22.5 Å². The average Bonchev–Trinajstić information content (AvgIpc) is 3.30. The fraction of sp³-hybridized carbons (Fsp3) is 0.190. The Morgan fingerprint density at radius 2 is 1.86 bits per heavy atom. The maximum absolute atomic E-state index is 12.5. The Hall–Kier alpha value is -2.90.